The summed E-state index contributed by atoms with van der Waals surface area (Å²) < 4.78 is 5.43. The van der Waals surface area contributed by atoms with Gasteiger partial charge in [0.2, 0.25) is 0 Å². The third-order valence-corrected chi connectivity index (χ3v) is 2.02. The lowest BCUT2D eigenvalue weighted by molar-refractivity contribution is 0.501. The highest BCUT2D eigenvalue weighted by Crippen LogP contribution is 2.18. The van der Waals surface area contributed by atoms with E-state index in [1.165, 1.54) is 23.3 Å². The van der Waals surface area contributed by atoms with Gasteiger partial charge in [-0.05, 0) is 30.9 Å². The van der Waals surface area contributed by atoms with Crippen LogP contribution in [-0.4, -0.2) is 0 Å². The van der Waals surface area contributed by atoms with Gasteiger partial charge in [0.25, 0.3) is 0 Å². The van der Waals surface area contributed by atoms with E-state index in [9.17, 15) is 0 Å². The molecule has 0 aliphatic rings. The van der Waals surface area contributed by atoms with Crippen LogP contribution in [0.3, 0.4) is 0 Å². The summed E-state index contributed by atoms with van der Waals surface area (Å²) in [5, 5.41) is 0. The number of aryl methyl sites for hydroxylation is 2. The molecule has 0 saturated heterocycles. The molecular weight excluding hydrogens is 136 g/mol. The van der Waals surface area contributed by atoms with Crippen molar-refractivity contribution in [1.82, 2.24) is 0 Å². The fraction of sp³-hybridized carbons (Fsp3) is 0.600. The molecule has 0 aliphatic heterocycles. The molecule has 0 saturated carbocycles. The van der Waals surface area contributed by atoms with Gasteiger partial charge in [0.1, 0.15) is 5.76 Å². The molecule has 0 radical (unpaired) electrons. The van der Waals surface area contributed by atoms with Gasteiger partial charge in [0, 0.05) is 6.42 Å². The predicted octanol–water partition coefficient (Wildman–Crippen LogP) is 3.10. The molecule has 0 spiro atoms. The first-order chi connectivity index (χ1) is 5.29. The van der Waals surface area contributed by atoms with Crippen molar-refractivity contribution in [2.75, 3.05) is 0 Å². The molecule has 0 aliphatic carbocycles. The molecule has 0 aromatic carbocycles. The largest absolute Gasteiger partial charge is 0.469 e. The van der Waals surface area contributed by atoms with Crippen molar-refractivity contribution < 1.29 is 4.42 Å². The van der Waals surface area contributed by atoms with Gasteiger partial charge in [0.05, 0.1) is 6.26 Å². The summed E-state index contributed by atoms with van der Waals surface area (Å²) >= 11 is 0. The molecule has 11 heavy (non-hydrogen) atoms. The molecule has 0 atom stereocenters. The van der Waals surface area contributed by atoms with Gasteiger partial charge >= 0.3 is 0 Å². The standard InChI is InChI=1S/C10H16O/c1-4-6-10-9(5-2)8(3)7-11-10/h7H,4-6H2,1-3H3. The van der Waals surface area contributed by atoms with Crippen LogP contribution in [0.4, 0.5) is 0 Å². The van der Waals surface area contributed by atoms with Gasteiger partial charge < -0.3 is 4.42 Å². The summed E-state index contributed by atoms with van der Waals surface area (Å²) in [6, 6.07) is 0. The van der Waals surface area contributed by atoms with Crippen LogP contribution in [0.1, 0.15) is 37.2 Å². The molecular formula is C10H16O. The van der Waals surface area contributed by atoms with Crippen LogP contribution in [0.25, 0.3) is 0 Å². The number of furan rings is 1. The average molecular weight is 152 g/mol. The summed E-state index contributed by atoms with van der Waals surface area (Å²) in [6.07, 6.45) is 5.21. The average Bonchev–Trinajstić information content (AvgIpc) is 2.33. The fourth-order valence-electron chi connectivity index (χ4n) is 1.43. The minimum Gasteiger partial charge on any atom is -0.469 e. The first-order valence-corrected chi connectivity index (χ1v) is 4.35. The van der Waals surface area contributed by atoms with Crippen molar-refractivity contribution in [3.63, 3.8) is 0 Å². The molecule has 0 bridgehead atoms. The van der Waals surface area contributed by atoms with E-state index in [0.29, 0.717) is 0 Å². The van der Waals surface area contributed by atoms with Crippen molar-refractivity contribution in [2.24, 2.45) is 0 Å². The Morgan fingerprint density at radius 1 is 1.36 bits per heavy atom. The van der Waals surface area contributed by atoms with Crippen molar-refractivity contribution >= 4 is 0 Å². The Labute approximate surface area is 68.4 Å². The highest BCUT2D eigenvalue weighted by atomic mass is 16.3. The van der Waals surface area contributed by atoms with E-state index in [1.807, 2.05) is 6.26 Å². The number of hydrogen-bond acceptors (Lipinski definition) is 1. The number of rotatable bonds is 3. The molecule has 1 heterocycles. The first-order valence-electron chi connectivity index (χ1n) is 4.35. The second kappa shape index (κ2) is 3.61. The monoisotopic (exact) mass is 152 g/mol. The van der Waals surface area contributed by atoms with E-state index in [1.54, 1.807) is 0 Å². The van der Waals surface area contributed by atoms with Crippen LogP contribution in [0, 0.1) is 6.92 Å². The Balaban J connectivity index is 2.86. The topological polar surface area (TPSA) is 13.1 Å². The smallest absolute Gasteiger partial charge is 0.107 e. The molecule has 0 fully saturated rings. The molecule has 0 unspecified atom stereocenters. The van der Waals surface area contributed by atoms with Crippen LogP contribution < -0.4 is 0 Å². The van der Waals surface area contributed by atoms with Crippen LogP contribution in [-0.2, 0) is 12.8 Å². The molecule has 0 amide bonds. The highest BCUT2D eigenvalue weighted by Gasteiger charge is 2.06. The van der Waals surface area contributed by atoms with Crippen LogP contribution in [0.5, 0.6) is 0 Å². The van der Waals surface area contributed by atoms with Crippen molar-refractivity contribution in [1.29, 1.82) is 0 Å². The Kier molecular flexibility index (Phi) is 2.75. The molecule has 1 nitrogen and oxygen atoms in total. The Hall–Kier alpha value is -0.720. The second-order valence-corrected chi connectivity index (χ2v) is 2.92. The highest BCUT2D eigenvalue weighted by molar-refractivity contribution is 5.26. The normalized spacial score (nSPS) is 10.5. The quantitative estimate of drug-likeness (QED) is 0.648. The molecule has 1 rings (SSSR count). The lowest BCUT2D eigenvalue weighted by Crippen LogP contribution is -1.88. The van der Waals surface area contributed by atoms with Crippen LogP contribution in [0.2, 0.25) is 0 Å². The van der Waals surface area contributed by atoms with Crippen molar-refractivity contribution in [3.8, 4) is 0 Å². The van der Waals surface area contributed by atoms with Crippen molar-refractivity contribution in [2.45, 2.75) is 40.0 Å². The molecule has 62 valence electrons. The van der Waals surface area contributed by atoms with E-state index in [2.05, 4.69) is 20.8 Å². The van der Waals surface area contributed by atoms with Crippen LogP contribution in [0.15, 0.2) is 10.7 Å². The molecule has 1 aromatic heterocycles. The van der Waals surface area contributed by atoms with E-state index in [-0.39, 0.29) is 0 Å². The van der Waals surface area contributed by atoms with E-state index >= 15 is 0 Å². The van der Waals surface area contributed by atoms with E-state index in [4.69, 9.17) is 4.42 Å². The zero-order valence-corrected chi connectivity index (χ0v) is 7.61. The lowest BCUT2D eigenvalue weighted by atomic mass is 10.1. The minimum atomic E-state index is 1.08. The zero-order valence-electron chi connectivity index (χ0n) is 7.61. The van der Waals surface area contributed by atoms with Crippen molar-refractivity contribution in [3.05, 3.63) is 23.2 Å². The van der Waals surface area contributed by atoms with E-state index < -0.39 is 0 Å². The maximum Gasteiger partial charge on any atom is 0.107 e. The summed E-state index contributed by atoms with van der Waals surface area (Å²) in [4.78, 5) is 0. The summed E-state index contributed by atoms with van der Waals surface area (Å²) in [6.45, 7) is 6.47. The Morgan fingerprint density at radius 3 is 2.64 bits per heavy atom. The molecule has 1 aromatic rings. The molecule has 1 heteroatoms. The van der Waals surface area contributed by atoms with Gasteiger partial charge in [-0.1, -0.05) is 13.8 Å². The number of hydrogen-bond donors (Lipinski definition) is 0. The Bertz CT molecular complexity index is 223. The maximum absolute atomic E-state index is 5.43. The summed E-state index contributed by atoms with van der Waals surface area (Å²) in [5.41, 5.74) is 2.71. The van der Waals surface area contributed by atoms with Gasteiger partial charge in [-0.25, -0.2) is 0 Å². The van der Waals surface area contributed by atoms with Gasteiger partial charge in [-0.3, -0.25) is 0 Å². The van der Waals surface area contributed by atoms with Crippen LogP contribution >= 0.6 is 0 Å². The zero-order chi connectivity index (χ0) is 8.27. The lowest BCUT2D eigenvalue weighted by Gasteiger charge is -1.97. The maximum atomic E-state index is 5.43. The van der Waals surface area contributed by atoms with Gasteiger partial charge in [-0.2, -0.15) is 0 Å². The van der Waals surface area contributed by atoms with Gasteiger partial charge in [-0.15, -0.1) is 0 Å². The predicted molar refractivity (Wildman–Crippen MR) is 46.8 cm³/mol. The SMILES string of the molecule is CCCc1occ(C)c1CC. The minimum absolute atomic E-state index is 1.08. The van der Waals surface area contributed by atoms with Gasteiger partial charge in [0.15, 0.2) is 0 Å². The summed E-state index contributed by atoms with van der Waals surface area (Å²) in [7, 11) is 0. The Morgan fingerprint density at radius 2 is 2.09 bits per heavy atom. The van der Waals surface area contributed by atoms with E-state index in [0.717, 1.165) is 12.8 Å². The second-order valence-electron chi connectivity index (χ2n) is 2.92. The fourth-order valence-corrected chi connectivity index (χ4v) is 1.43. The first kappa shape index (κ1) is 8.38. The molecule has 0 N–H and O–H groups in total. The summed E-state index contributed by atoms with van der Waals surface area (Å²) in [5.74, 6) is 1.19. The third kappa shape index (κ3) is 1.65. The third-order valence-electron chi connectivity index (χ3n) is 2.02.